The van der Waals surface area contributed by atoms with Gasteiger partial charge < -0.3 is 49.1 Å². The third-order valence-corrected chi connectivity index (χ3v) is 5.20. The number of amides is 4. The Bertz CT molecular complexity index is 773. The van der Waals surface area contributed by atoms with Crippen molar-refractivity contribution in [1.29, 1.82) is 0 Å². The number of carbonyl (C=O) groups excluding carboxylic acids is 4. The second-order valence-corrected chi connectivity index (χ2v) is 8.08. The molecule has 13 N–H and O–H groups in total. The molecular formula is C20H38N8O7. The molecule has 35 heavy (non-hydrogen) atoms. The number of rotatable bonds is 17. The van der Waals surface area contributed by atoms with Crippen LogP contribution in [0, 0.1) is 5.92 Å². The lowest BCUT2D eigenvalue weighted by Crippen LogP contribution is -2.59. The van der Waals surface area contributed by atoms with Crippen molar-refractivity contribution in [3.8, 4) is 0 Å². The number of carboxylic acid groups (broad SMARTS) is 1. The van der Waals surface area contributed by atoms with Crippen molar-refractivity contribution in [3.63, 3.8) is 0 Å². The van der Waals surface area contributed by atoms with Crippen molar-refractivity contribution in [3.05, 3.63) is 0 Å². The summed E-state index contributed by atoms with van der Waals surface area (Å²) in [4.78, 5) is 64.5. The molecule has 0 aliphatic carbocycles. The average Bonchev–Trinajstić information content (AvgIpc) is 2.79. The Kier molecular flexibility index (Phi) is 14.6. The van der Waals surface area contributed by atoms with E-state index < -0.39 is 60.4 Å². The number of aliphatic hydroxyl groups is 1. The maximum Gasteiger partial charge on any atom is 0.326 e. The molecule has 5 atom stereocenters. The number of hydrogen-bond acceptors (Lipinski definition) is 8. The monoisotopic (exact) mass is 502 g/mol. The van der Waals surface area contributed by atoms with Gasteiger partial charge in [-0.1, -0.05) is 20.3 Å². The highest BCUT2D eigenvalue weighted by atomic mass is 16.4. The lowest BCUT2D eigenvalue weighted by Gasteiger charge is -2.27. The van der Waals surface area contributed by atoms with E-state index in [9.17, 15) is 29.1 Å². The SMILES string of the molecule is CCC(C)C(NC(=O)C(N)CO)C(=O)NC(CCC(N)=O)C(=O)NC(CCCN=C(N)N)C(=O)O. The first-order chi connectivity index (χ1) is 16.3. The Morgan fingerprint density at radius 1 is 0.914 bits per heavy atom. The van der Waals surface area contributed by atoms with E-state index >= 15 is 0 Å². The van der Waals surface area contributed by atoms with Gasteiger partial charge in [0.25, 0.3) is 0 Å². The first-order valence-corrected chi connectivity index (χ1v) is 11.2. The number of aliphatic hydroxyl groups excluding tert-OH is 1. The van der Waals surface area contributed by atoms with Gasteiger partial charge in [-0.2, -0.15) is 0 Å². The third kappa shape index (κ3) is 12.5. The van der Waals surface area contributed by atoms with Crippen LogP contribution >= 0.6 is 0 Å². The summed E-state index contributed by atoms with van der Waals surface area (Å²) < 4.78 is 0. The number of guanidine groups is 1. The normalized spacial score (nSPS) is 15.0. The van der Waals surface area contributed by atoms with E-state index in [0.717, 1.165) is 0 Å². The molecule has 0 aromatic carbocycles. The first kappa shape index (κ1) is 31.5. The molecule has 0 saturated heterocycles. The fraction of sp³-hybridized carbons (Fsp3) is 0.700. The predicted molar refractivity (Wildman–Crippen MR) is 126 cm³/mol. The van der Waals surface area contributed by atoms with Gasteiger partial charge in [-0.25, -0.2) is 4.79 Å². The van der Waals surface area contributed by atoms with E-state index in [2.05, 4.69) is 20.9 Å². The van der Waals surface area contributed by atoms with Crippen LogP contribution in [0.2, 0.25) is 0 Å². The maximum absolute atomic E-state index is 13.0. The van der Waals surface area contributed by atoms with Crippen LogP contribution in [-0.2, 0) is 24.0 Å². The Morgan fingerprint density at radius 3 is 2.00 bits per heavy atom. The highest BCUT2D eigenvalue weighted by Crippen LogP contribution is 2.10. The van der Waals surface area contributed by atoms with Crippen LogP contribution in [0.3, 0.4) is 0 Å². The van der Waals surface area contributed by atoms with E-state index in [4.69, 9.17) is 28.0 Å². The summed E-state index contributed by atoms with van der Waals surface area (Å²) in [6, 6.07) is -4.98. The number of hydrogen-bond donors (Lipinski definition) is 9. The van der Waals surface area contributed by atoms with Gasteiger partial charge in [0.15, 0.2) is 5.96 Å². The minimum absolute atomic E-state index is 0.00105. The summed E-state index contributed by atoms with van der Waals surface area (Å²) in [6.07, 6.45) is 0.252. The minimum Gasteiger partial charge on any atom is -0.480 e. The molecule has 5 unspecified atom stereocenters. The zero-order chi connectivity index (χ0) is 27.1. The number of nitrogens with one attached hydrogen (secondary N) is 3. The maximum atomic E-state index is 13.0. The minimum atomic E-state index is -1.32. The second-order valence-electron chi connectivity index (χ2n) is 8.08. The molecule has 0 saturated carbocycles. The second kappa shape index (κ2) is 16.2. The first-order valence-electron chi connectivity index (χ1n) is 11.2. The van der Waals surface area contributed by atoms with E-state index in [-0.39, 0.29) is 44.1 Å². The summed E-state index contributed by atoms with van der Waals surface area (Å²) in [7, 11) is 0. The van der Waals surface area contributed by atoms with Gasteiger partial charge in [0, 0.05) is 13.0 Å². The van der Waals surface area contributed by atoms with Crippen molar-refractivity contribution < 1.29 is 34.2 Å². The number of primary amides is 1. The van der Waals surface area contributed by atoms with Crippen molar-refractivity contribution in [2.75, 3.05) is 13.2 Å². The molecule has 0 aromatic heterocycles. The lowest BCUT2D eigenvalue weighted by atomic mass is 9.97. The fourth-order valence-corrected chi connectivity index (χ4v) is 2.90. The van der Waals surface area contributed by atoms with Crippen LogP contribution in [0.1, 0.15) is 46.0 Å². The van der Waals surface area contributed by atoms with E-state index in [1.807, 2.05) is 0 Å². The van der Waals surface area contributed by atoms with Crippen LogP contribution in [0.25, 0.3) is 0 Å². The van der Waals surface area contributed by atoms with Gasteiger partial charge in [-0.15, -0.1) is 0 Å². The number of carboxylic acids is 1. The summed E-state index contributed by atoms with van der Waals surface area (Å²) in [5.41, 5.74) is 21.1. The third-order valence-electron chi connectivity index (χ3n) is 5.20. The van der Waals surface area contributed by atoms with Crippen molar-refractivity contribution in [2.24, 2.45) is 33.8 Å². The largest absolute Gasteiger partial charge is 0.480 e. The van der Waals surface area contributed by atoms with Crippen LogP contribution in [0.15, 0.2) is 4.99 Å². The Balaban J connectivity index is 5.54. The molecule has 0 rings (SSSR count). The van der Waals surface area contributed by atoms with Gasteiger partial charge in [-0.05, 0) is 25.2 Å². The van der Waals surface area contributed by atoms with Crippen molar-refractivity contribution >= 4 is 35.6 Å². The highest BCUT2D eigenvalue weighted by molar-refractivity contribution is 5.94. The summed E-state index contributed by atoms with van der Waals surface area (Å²) in [5, 5.41) is 25.7. The number of carbonyl (C=O) groups is 5. The average molecular weight is 503 g/mol. The molecule has 0 aromatic rings. The van der Waals surface area contributed by atoms with Crippen LogP contribution in [0.4, 0.5) is 0 Å². The van der Waals surface area contributed by atoms with Crippen LogP contribution < -0.4 is 38.9 Å². The Hall–Kier alpha value is -3.46. The quantitative estimate of drug-likeness (QED) is 0.0531. The molecular weight excluding hydrogens is 464 g/mol. The number of aliphatic carboxylic acids is 1. The highest BCUT2D eigenvalue weighted by Gasteiger charge is 2.32. The lowest BCUT2D eigenvalue weighted by molar-refractivity contribution is -0.142. The smallest absolute Gasteiger partial charge is 0.326 e. The van der Waals surface area contributed by atoms with Gasteiger partial charge in [0.1, 0.15) is 24.2 Å². The fourth-order valence-electron chi connectivity index (χ4n) is 2.90. The number of nitrogens with zero attached hydrogens (tertiary/aromatic N) is 1. The molecule has 0 aliphatic rings. The number of aliphatic imine (C=N–C) groups is 1. The number of nitrogens with two attached hydrogens (primary N) is 4. The van der Waals surface area contributed by atoms with Gasteiger partial charge in [-0.3, -0.25) is 24.2 Å². The van der Waals surface area contributed by atoms with Gasteiger partial charge >= 0.3 is 5.97 Å². The molecule has 0 aliphatic heterocycles. The summed E-state index contributed by atoms with van der Waals surface area (Å²) in [6.45, 7) is 2.98. The van der Waals surface area contributed by atoms with Gasteiger partial charge in [0.05, 0.1) is 6.61 Å². The van der Waals surface area contributed by atoms with E-state index in [1.54, 1.807) is 13.8 Å². The van der Waals surface area contributed by atoms with Crippen LogP contribution in [-0.4, -0.2) is 83.1 Å². The predicted octanol–water partition coefficient (Wildman–Crippen LogP) is -3.79. The van der Waals surface area contributed by atoms with Crippen molar-refractivity contribution in [1.82, 2.24) is 16.0 Å². The van der Waals surface area contributed by atoms with Gasteiger partial charge in [0.2, 0.25) is 23.6 Å². The Morgan fingerprint density at radius 2 is 1.51 bits per heavy atom. The van der Waals surface area contributed by atoms with E-state index in [1.165, 1.54) is 0 Å². The topological polar surface area (TPSA) is 278 Å². The molecule has 4 amide bonds. The zero-order valence-corrected chi connectivity index (χ0v) is 20.0. The molecule has 0 bridgehead atoms. The molecule has 0 fully saturated rings. The molecule has 0 spiro atoms. The molecule has 0 heterocycles. The molecule has 0 radical (unpaired) electrons. The summed E-state index contributed by atoms with van der Waals surface area (Å²) >= 11 is 0. The summed E-state index contributed by atoms with van der Waals surface area (Å²) in [5.74, 6) is -4.95. The zero-order valence-electron chi connectivity index (χ0n) is 20.0. The Labute approximate surface area is 203 Å². The molecule has 15 nitrogen and oxygen atoms in total. The van der Waals surface area contributed by atoms with E-state index in [0.29, 0.717) is 6.42 Å². The molecule has 15 heteroatoms. The van der Waals surface area contributed by atoms with Crippen molar-refractivity contribution in [2.45, 2.75) is 70.1 Å². The van der Waals surface area contributed by atoms with Crippen LogP contribution in [0.5, 0.6) is 0 Å². The molecule has 200 valence electrons. The standard InChI is InChI=1S/C20H38N8O7/c1-3-10(2)15(28-16(31)11(21)9-29)18(33)26-12(6-7-14(22)30)17(32)27-13(19(34)35)5-4-8-25-20(23)24/h10-13,15,29H,3-9,21H2,1-2H3,(H2,22,30)(H,26,33)(H,27,32)(H,28,31)(H,34,35)(H4,23,24,25).